The lowest BCUT2D eigenvalue weighted by Crippen LogP contribution is -2.17. The largest absolute Gasteiger partial charge is 0.361 e. The first-order valence-corrected chi connectivity index (χ1v) is 5.72. The predicted molar refractivity (Wildman–Crippen MR) is 64.4 cm³/mol. The van der Waals surface area contributed by atoms with Gasteiger partial charge in [0.1, 0.15) is 0 Å². The first-order valence-electron chi connectivity index (χ1n) is 5.34. The van der Waals surface area contributed by atoms with Crippen molar-refractivity contribution in [3.05, 3.63) is 35.0 Å². The summed E-state index contributed by atoms with van der Waals surface area (Å²) >= 11 is 5.95. The lowest BCUT2D eigenvalue weighted by atomic mass is 9.96. The van der Waals surface area contributed by atoms with Gasteiger partial charge in [0.15, 0.2) is 0 Å². The Bertz CT molecular complexity index is 531. The van der Waals surface area contributed by atoms with Gasteiger partial charge >= 0.3 is 0 Å². The normalized spacial score (nSPS) is 17.9. The van der Waals surface area contributed by atoms with Crippen molar-refractivity contribution in [1.82, 2.24) is 4.98 Å². The van der Waals surface area contributed by atoms with Crippen LogP contribution in [-0.4, -0.2) is 11.6 Å². The van der Waals surface area contributed by atoms with Crippen LogP contribution in [0.2, 0.25) is 5.02 Å². The van der Waals surface area contributed by atoms with E-state index in [2.05, 4.69) is 11.1 Å². The highest BCUT2D eigenvalue weighted by Crippen LogP contribution is 2.50. The molecule has 0 aliphatic heterocycles. The van der Waals surface area contributed by atoms with Crippen molar-refractivity contribution in [2.24, 2.45) is 5.90 Å². The average molecular weight is 237 g/mol. The highest BCUT2D eigenvalue weighted by atomic mass is 35.5. The summed E-state index contributed by atoms with van der Waals surface area (Å²) in [5.41, 5.74) is 2.50. The number of nitrogens with two attached hydrogens (primary N) is 1. The minimum Gasteiger partial charge on any atom is -0.361 e. The number of benzene rings is 1. The molecule has 0 spiro atoms. The smallest absolute Gasteiger partial charge is 0.0776 e. The number of fused-ring (bicyclic) bond motifs is 1. The van der Waals surface area contributed by atoms with E-state index in [0.29, 0.717) is 6.61 Å². The van der Waals surface area contributed by atoms with Crippen molar-refractivity contribution in [2.45, 2.75) is 18.3 Å². The second kappa shape index (κ2) is 3.48. The van der Waals surface area contributed by atoms with E-state index in [1.54, 1.807) is 0 Å². The molecule has 0 bridgehead atoms. The molecule has 1 fully saturated rings. The molecule has 3 nitrogen and oxygen atoms in total. The van der Waals surface area contributed by atoms with E-state index in [-0.39, 0.29) is 5.41 Å². The van der Waals surface area contributed by atoms with Gasteiger partial charge in [0.2, 0.25) is 0 Å². The predicted octanol–water partition coefficient (Wildman–Crippen LogP) is 2.74. The molecule has 1 aliphatic rings. The van der Waals surface area contributed by atoms with Gasteiger partial charge in [0.25, 0.3) is 0 Å². The molecule has 3 N–H and O–H groups in total. The Morgan fingerprint density at radius 3 is 2.94 bits per heavy atom. The van der Waals surface area contributed by atoms with Gasteiger partial charge in [-0.3, -0.25) is 0 Å². The summed E-state index contributed by atoms with van der Waals surface area (Å²) in [4.78, 5) is 8.08. The molecule has 1 saturated carbocycles. The summed E-state index contributed by atoms with van der Waals surface area (Å²) < 4.78 is 0. The number of hydrogen-bond donors (Lipinski definition) is 2. The summed E-state index contributed by atoms with van der Waals surface area (Å²) in [5.74, 6) is 5.20. The third-order valence-electron chi connectivity index (χ3n) is 3.43. The van der Waals surface area contributed by atoms with Gasteiger partial charge in [-0.25, -0.2) is 5.90 Å². The van der Waals surface area contributed by atoms with E-state index < -0.39 is 0 Å². The minimum atomic E-state index is 0.126. The van der Waals surface area contributed by atoms with Crippen LogP contribution in [0.25, 0.3) is 10.9 Å². The van der Waals surface area contributed by atoms with E-state index in [9.17, 15) is 0 Å². The molecule has 0 atom stereocenters. The number of aromatic amines is 1. The van der Waals surface area contributed by atoms with Crippen molar-refractivity contribution in [3.63, 3.8) is 0 Å². The number of nitrogens with one attached hydrogen (secondary N) is 1. The third kappa shape index (κ3) is 1.44. The highest BCUT2D eigenvalue weighted by Gasteiger charge is 2.46. The van der Waals surface area contributed by atoms with Crippen LogP contribution < -0.4 is 5.90 Å². The van der Waals surface area contributed by atoms with Gasteiger partial charge in [-0.2, -0.15) is 0 Å². The average Bonchev–Trinajstić information content (AvgIpc) is 2.92. The van der Waals surface area contributed by atoms with Crippen LogP contribution in [0.1, 0.15) is 18.4 Å². The maximum absolute atomic E-state index is 5.95. The Morgan fingerprint density at radius 1 is 1.44 bits per heavy atom. The Morgan fingerprint density at radius 2 is 2.25 bits per heavy atom. The van der Waals surface area contributed by atoms with E-state index in [4.69, 9.17) is 22.3 Å². The molecule has 4 heteroatoms. The molecule has 0 radical (unpaired) electrons. The van der Waals surface area contributed by atoms with E-state index in [1.807, 2.05) is 18.3 Å². The SMILES string of the molecule is NOCC1(c2c[nH]c3cc(Cl)ccc23)CC1. The zero-order valence-corrected chi connectivity index (χ0v) is 9.55. The number of aromatic nitrogens is 1. The summed E-state index contributed by atoms with van der Waals surface area (Å²) in [6.45, 7) is 0.586. The third-order valence-corrected chi connectivity index (χ3v) is 3.66. The second-order valence-corrected chi connectivity index (χ2v) is 4.92. The maximum atomic E-state index is 5.95. The van der Waals surface area contributed by atoms with Crippen molar-refractivity contribution in [1.29, 1.82) is 0 Å². The monoisotopic (exact) mass is 236 g/mol. The quantitative estimate of drug-likeness (QED) is 0.806. The highest BCUT2D eigenvalue weighted by molar-refractivity contribution is 6.31. The fourth-order valence-electron chi connectivity index (χ4n) is 2.34. The molecule has 0 saturated heterocycles. The molecule has 0 unspecified atom stereocenters. The minimum absolute atomic E-state index is 0.126. The maximum Gasteiger partial charge on any atom is 0.0776 e. The van der Waals surface area contributed by atoms with Crippen molar-refractivity contribution in [2.75, 3.05) is 6.61 Å². The van der Waals surface area contributed by atoms with Crippen molar-refractivity contribution in [3.8, 4) is 0 Å². The van der Waals surface area contributed by atoms with Gasteiger partial charge in [-0.05, 0) is 30.5 Å². The molecule has 84 valence electrons. The molecule has 1 aliphatic carbocycles. The Kier molecular flexibility index (Phi) is 2.21. The van der Waals surface area contributed by atoms with E-state index in [1.165, 1.54) is 10.9 Å². The summed E-state index contributed by atoms with van der Waals surface area (Å²) in [6.07, 6.45) is 4.33. The molecule has 3 rings (SSSR count). The number of hydrogen-bond acceptors (Lipinski definition) is 2. The molecular weight excluding hydrogens is 224 g/mol. The summed E-state index contributed by atoms with van der Waals surface area (Å²) in [7, 11) is 0. The lowest BCUT2D eigenvalue weighted by Gasteiger charge is -2.12. The molecule has 16 heavy (non-hydrogen) atoms. The van der Waals surface area contributed by atoms with Crippen LogP contribution in [0.3, 0.4) is 0 Å². The fraction of sp³-hybridized carbons (Fsp3) is 0.333. The van der Waals surface area contributed by atoms with Crippen molar-refractivity contribution >= 4 is 22.5 Å². The fourth-order valence-corrected chi connectivity index (χ4v) is 2.51. The van der Waals surface area contributed by atoms with Gasteiger partial charge in [0.05, 0.1) is 6.61 Å². The lowest BCUT2D eigenvalue weighted by molar-refractivity contribution is 0.116. The molecule has 1 aromatic heterocycles. The molecule has 1 aromatic carbocycles. The van der Waals surface area contributed by atoms with Crippen LogP contribution in [0.5, 0.6) is 0 Å². The Hall–Kier alpha value is -1.03. The van der Waals surface area contributed by atoms with Crippen molar-refractivity contribution < 1.29 is 4.84 Å². The van der Waals surface area contributed by atoms with Gasteiger partial charge in [0, 0.05) is 27.5 Å². The van der Waals surface area contributed by atoms with E-state index in [0.717, 1.165) is 23.4 Å². The Labute approximate surface area is 98.5 Å². The number of H-pyrrole nitrogens is 1. The zero-order valence-electron chi connectivity index (χ0n) is 8.79. The van der Waals surface area contributed by atoms with Crippen LogP contribution in [0.15, 0.2) is 24.4 Å². The van der Waals surface area contributed by atoms with Crippen LogP contribution >= 0.6 is 11.6 Å². The van der Waals surface area contributed by atoms with E-state index >= 15 is 0 Å². The number of halogens is 1. The Balaban J connectivity index is 2.11. The van der Waals surface area contributed by atoms with Gasteiger partial charge < -0.3 is 9.82 Å². The van der Waals surface area contributed by atoms with Crippen LogP contribution in [-0.2, 0) is 10.3 Å². The zero-order chi connectivity index (χ0) is 11.2. The number of rotatable bonds is 3. The molecule has 1 heterocycles. The molecule has 2 aromatic rings. The summed E-state index contributed by atoms with van der Waals surface area (Å²) in [5, 5.41) is 1.97. The molecular formula is C12H13ClN2O. The molecule has 0 amide bonds. The first kappa shape index (κ1) is 10.1. The standard InChI is InChI=1S/C12H13ClN2O/c13-8-1-2-9-10(6-15-11(9)5-8)12(3-4-12)7-16-14/h1-2,5-6,15H,3-4,7,14H2. The van der Waals surface area contributed by atoms with Crippen LogP contribution in [0, 0.1) is 0 Å². The summed E-state index contributed by atoms with van der Waals surface area (Å²) in [6, 6.07) is 5.92. The van der Waals surface area contributed by atoms with Crippen LogP contribution in [0.4, 0.5) is 0 Å². The first-order chi connectivity index (χ1) is 7.75. The van der Waals surface area contributed by atoms with Gasteiger partial charge in [-0.1, -0.05) is 17.7 Å². The topological polar surface area (TPSA) is 51.0 Å². The second-order valence-electron chi connectivity index (χ2n) is 4.48. The van der Waals surface area contributed by atoms with Gasteiger partial charge in [-0.15, -0.1) is 0 Å².